The number of imide groups is 1. The number of hydrogen-bond donors (Lipinski definition) is 1. The van der Waals surface area contributed by atoms with Crippen LogP contribution in [0.15, 0.2) is 18.2 Å². The van der Waals surface area contributed by atoms with Crippen molar-refractivity contribution in [2.24, 2.45) is 0 Å². The van der Waals surface area contributed by atoms with Crippen LogP contribution in [0.4, 0.5) is 4.79 Å². The van der Waals surface area contributed by atoms with Crippen molar-refractivity contribution in [3.05, 3.63) is 34.9 Å². The molecule has 1 aromatic rings. The van der Waals surface area contributed by atoms with Gasteiger partial charge >= 0.3 is 12.1 Å². The Morgan fingerprint density at radius 1 is 1.04 bits per heavy atom. The Hall–Kier alpha value is -2.37. The molecule has 0 bridgehead atoms. The molecule has 0 saturated carbocycles. The molecular weight excluding hydrogens is 310 g/mol. The van der Waals surface area contributed by atoms with E-state index in [1.165, 1.54) is 0 Å². The summed E-state index contributed by atoms with van der Waals surface area (Å²) in [6.07, 6.45) is -0.859. The van der Waals surface area contributed by atoms with E-state index in [0.29, 0.717) is 11.5 Å². The Morgan fingerprint density at radius 3 is 2.25 bits per heavy atom. The molecule has 0 aliphatic heterocycles. The molecule has 6 heteroatoms. The molecule has 0 radical (unpaired) electrons. The quantitative estimate of drug-likeness (QED) is 0.806. The molecule has 132 valence electrons. The summed E-state index contributed by atoms with van der Waals surface area (Å²) >= 11 is 0. The van der Waals surface area contributed by atoms with Crippen molar-refractivity contribution < 1.29 is 23.9 Å². The summed E-state index contributed by atoms with van der Waals surface area (Å²) in [6.45, 7) is 9.37. The average Bonchev–Trinajstić information content (AvgIpc) is 2.52. The fourth-order valence-electron chi connectivity index (χ4n) is 2.13. The van der Waals surface area contributed by atoms with Crippen molar-refractivity contribution >= 4 is 18.0 Å². The standard InChI is InChI=1S/C18H25NO5/c1-6-23-18(22)19-16(20)10-24-17(21)14-8-7-13(11(2)3)9-15(14)12(4)5/h7-9,11-12H,6,10H2,1-5H3,(H,19,20,22). The van der Waals surface area contributed by atoms with Crippen LogP contribution in [0.2, 0.25) is 0 Å². The van der Waals surface area contributed by atoms with Crippen molar-refractivity contribution in [2.45, 2.75) is 46.5 Å². The van der Waals surface area contributed by atoms with Gasteiger partial charge in [0.2, 0.25) is 0 Å². The van der Waals surface area contributed by atoms with Crippen molar-refractivity contribution in [1.82, 2.24) is 5.32 Å². The molecule has 24 heavy (non-hydrogen) atoms. The average molecular weight is 335 g/mol. The van der Waals surface area contributed by atoms with Crippen LogP contribution >= 0.6 is 0 Å². The first-order valence-electron chi connectivity index (χ1n) is 8.03. The Balaban J connectivity index is 2.77. The van der Waals surface area contributed by atoms with Gasteiger partial charge in [-0.1, -0.05) is 39.8 Å². The van der Waals surface area contributed by atoms with Crippen LogP contribution in [0, 0.1) is 0 Å². The zero-order valence-corrected chi connectivity index (χ0v) is 14.8. The lowest BCUT2D eigenvalue weighted by Crippen LogP contribution is -2.34. The Labute approximate surface area is 142 Å². The second-order valence-corrected chi connectivity index (χ2v) is 6.00. The summed E-state index contributed by atoms with van der Waals surface area (Å²) in [7, 11) is 0. The number of ether oxygens (including phenoxy) is 2. The van der Waals surface area contributed by atoms with Crippen LogP contribution in [-0.2, 0) is 14.3 Å². The predicted molar refractivity (Wildman–Crippen MR) is 90.1 cm³/mol. The third-order valence-corrected chi connectivity index (χ3v) is 3.44. The predicted octanol–water partition coefficient (Wildman–Crippen LogP) is 3.36. The summed E-state index contributed by atoms with van der Waals surface area (Å²) < 4.78 is 9.58. The third-order valence-electron chi connectivity index (χ3n) is 3.44. The van der Waals surface area contributed by atoms with E-state index < -0.39 is 24.6 Å². The molecule has 0 atom stereocenters. The Morgan fingerprint density at radius 2 is 1.71 bits per heavy atom. The van der Waals surface area contributed by atoms with E-state index in [1.807, 2.05) is 31.3 Å². The van der Waals surface area contributed by atoms with Gasteiger partial charge in [-0.25, -0.2) is 9.59 Å². The minimum absolute atomic E-state index is 0.139. The highest BCUT2D eigenvalue weighted by atomic mass is 16.6. The molecule has 6 nitrogen and oxygen atoms in total. The highest BCUT2D eigenvalue weighted by Gasteiger charge is 2.18. The molecule has 0 unspecified atom stereocenters. The van der Waals surface area contributed by atoms with E-state index in [0.717, 1.165) is 11.1 Å². The van der Waals surface area contributed by atoms with Gasteiger partial charge in [-0.3, -0.25) is 10.1 Å². The van der Waals surface area contributed by atoms with Gasteiger partial charge in [0.15, 0.2) is 6.61 Å². The molecule has 0 fully saturated rings. The number of benzene rings is 1. The third kappa shape index (κ3) is 5.68. The van der Waals surface area contributed by atoms with E-state index in [9.17, 15) is 14.4 Å². The van der Waals surface area contributed by atoms with Crippen molar-refractivity contribution in [2.75, 3.05) is 13.2 Å². The van der Waals surface area contributed by atoms with E-state index in [1.54, 1.807) is 13.0 Å². The van der Waals surface area contributed by atoms with Crippen molar-refractivity contribution in [1.29, 1.82) is 0 Å². The molecule has 1 N–H and O–H groups in total. The lowest BCUT2D eigenvalue weighted by Gasteiger charge is -2.15. The number of amides is 2. The Bertz CT molecular complexity index is 607. The molecule has 0 aliphatic carbocycles. The zero-order chi connectivity index (χ0) is 18.3. The maximum Gasteiger partial charge on any atom is 0.413 e. The van der Waals surface area contributed by atoms with Gasteiger partial charge in [-0.05, 0) is 36.0 Å². The second-order valence-electron chi connectivity index (χ2n) is 6.00. The number of alkyl carbamates (subject to hydrolysis) is 1. The zero-order valence-electron chi connectivity index (χ0n) is 14.8. The van der Waals surface area contributed by atoms with Gasteiger partial charge in [0.1, 0.15) is 0 Å². The number of carbonyl (C=O) groups excluding carboxylic acids is 3. The number of hydrogen-bond acceptors (Lipinski definition) is 5. The minimum Gasteiger partial charge on any atom is -0.452 e. The topological polar surface area (TPSA) is 81.7 Å². The first kappa shape index (κ1) is 19.7. The molecule has 0 aliphatic rings. The van der Waals surface area contributed by atoms with Crippen LogP contribution < -0.4 is 5.32 Å². The summed E-state index contributed by atoms with van der Waals surface area (Å²) in [4.78, 5) is 34.9. The molecule has 1 aromatic carbocycles. The van der Waals surface area contributed by atoms with Crippen LogP contribution in [0.1, 0.15) is 67.9 Å². The minimum atomic E-state index is -0.859. The molecule has 0 spiro atoms. The van der Waals surface area contributed by atoms with Gasteiger partial charge in [0, 0.05) is 0 Å². The smallest absolute Gasteiger partial charge is 0.413 e. The van der Waals surface area contributed by atoms with Gasteiger partial charge in [-0.2, -0.15) is 0 Å². The maximum absolute atomic E-state index is 12.2. The summed E-state index contributed by atoms with van der Waals surface area (Å²) in [5.74, 6) is -0.831. The largest absolute Gasteiger partial charge is 0.452 e. The first-order valence-corrected chi connectivity index (χ1v) is 8.03. The monoisotopic (exact) mass is 335 g/mol. The highest BCUT2D eigenvalue weighted by molar-refractivity contribution is 5.96. The van der Waals surface area contributed by atoms with Crippen molar-refractivity contribution in [3.8, 4) is 0 Å². The lowest BCUT2D eigenvalue weighted by atomic mass is 9.91. The van der Waals surface area contributed by atoms with E-state index in [-0.39, 0.29) is 12.5 Å². The van der Waals surface area contributed by atoms with Gasteiger partial charge in [0.05, 0.1) is 12.2 Å². The Kier molecular flexibility index (Phi) is 7.42. The SMILES string of the molecule is CCOC(=O)NC(=O)COC(=O)c1ccc(C(C)C)cc1C(C)C. The molecule has 2 amide bonds. The van der Waals surface area contributed by atoms with Crippen LogP contribution in [0.3, 0.4) is 0 Å². The molecule has 0 aromatic heterocycles. The van der Waals surface area contributed by atoms with Crippen LogP contribution in [0.25, 0.3) is 0 Å². The van der Waals surface area contributed by atoms with Gasteiger partial charge in [0.25, 0.3) is 5.91 Å². The number of carbonyl (C=O) groups is 3. The number of rotatable bonds is 6. The first-order chi connectivity index (χ1) is 11.3. The van der Waals surface area contributed by atoms with Gasteiger partial charge in [-0.15, -0.1) is 0 Å². The fourth-order valence-corrected chi connectivity index (χ4v) is 2.13. The van der Waals surface area contributed by atoms with Crippen molar-refractivity contribution in [3.63, 3.8) is 0 Å². The summed E-state index contributed by atoms with van der Waals surface area (Å²) in [6, 6.07) is 5.59. The van der Waals surface area contributed by atoms with Crippen LogP contribution in [0.5, 0.6) is 0 Å². The summed E-state index contributed by atoms with van der Waals surface area (Å²) in [5, 5.41) is 1.97. The normalized spacial score (nSPS) is 10.6. The number of esters is 1. The second kappa shape index (κ2) is 9.05. The van der Waals surface area contributed by atoms with Gasteiger partial charge < -0.3 is 9.47 Å². The maximum atomic E-state index is 12.2. The molecular formula is C18H25NO5. The molecule has 1 rings (SSSR count). The van der Waals surface area contributed by atoms with E-state index in [4.69, 9.17) is 4.74 Å². The fraction of sp³-hybridized carbons (Fsp3) is 0.500. The molecule has 0 saturated heterocycles. The molecule has 0 heterocycles. The highest BCUT2D eigenvalue weighted by Crippen LogP contribution is 2.25. The number of nitrogens with one attached hydrogen (secondary N) is 1. The summed E-state index contributed by atoms with van der Waals surface area (Å²) in [5.41, 5.74) is 2.44. The lowest BCUT2D eigenvalue weighted by molar-refractivity contribution is -0.123. The van der Waals surface area contributed by atoms with E-state index >= 15 is 0 Å². The van der Waals surface area contributed by atoms with Crippen LogP contribution in [-0.4, -0.2) is 31.2 Å². The van der Waals surface area contributed by atoms with E-state index in [2.05, 4.69) is 18.6 Å².